The van der Waals surface area contributed by atoms with Crippen molar-refractivity contribution in [1.29, 1.82) is 0 Å². The van der Waals surface area contributed by atoms with Crippen LogP contribution in [0.5, 0.6) is 0 Å². The molecule has 0 atom stereocenters. The molecule has 0 spiro atoms. The second-order valence-electron chi connectivity index (χ2n) is 5.46. The topological polar surface area (TPSA) is 162 Å². The number of nitrogens with zero attached hydrogens (tertiary/aromatic N) is 1. The Morgan fingerprint density at radius 3 is 2.33 bits per heavy atom. The molecule has 0 aliphatic carbocycles. The van der Waals surface area contributed by atoms with Crippen molar-refractivity contribution in [2.75, 3.05) is 11.9 Å². The fourth-order valence-electron chi connectivity index (χ4n) is 2.13. The summed E-state index contributed by atoms with van der Waals surface area (Å²) in [5, 5.41) is 20.4. The number of nitro benzene ring substituents is 1. The van der Waals surface area contributed by atoms with E-state index in [0.29, 0.717) is 6.42 Å². The molecule has 0 heterocycles. The Bertz CT molecular complexity index is 973. The summed E-state index contributed by atoms with van der Waals surface area (Å²) in [5.41, 5.74) is 0.654. The van der Waals surface area contributed by atoms with Crippen molar-refractivity contribution in [3.05, 3.63) is 64.2 Å². The fourth-order valence-corrected chi connectivity index (χ4v) is 2.65. The fraction of sp³-hybridized carbons (Fsp3) is 0.125. The van der Waals surface area contributed by atoms with Crippen LogP contribution in [0.1, 0.15) is 5.56 Å². The average molecular weight is 392 g/mol. The van der Waals surface area contributed by atoms with E-state index in [2.05, 4.69) is 10.6 Å². The van der Waals surface area contributed by atoms with E-state index in [9.17, 15) is 28.1 Å². The first kappa shape index (κ1) is 20.0. The number of hydrogen-bond donors (Lipinski definition) is 3. The highest BCUT2D eigenvalue weighted by molar-refractivity contribution is 7.89. The van der Waals surface area contributed by atoms with Gasteiger partial charge in [0.25, 0.3) is 5.69 Å². The Kier molecular flexibility index (Phi) is 6.21. The zero-order valence-electron chi connectivity index (χ0n) is 13.9. The maximum Gasteiger partial charge on any atom is 0.313 e. The third-order valence-electron chi connectivity index (χ3n) is 3.47. The standard InChI is InChI=1S/C16H16N4O6S/c17-27(25,26)14-6-4-11(5-7-14)8-9-18-15(21)16(22)19-12-2-1-3-13(10-12)20(23)24/h1-7,10H,8-9H2,(H,18,21)(H,19,22)(H2,17,25,26). The highest BCUT2D eigenvalue weighted by Gasteiger charge is 2.15. The summed E-state index contributed by atoms with van der Waals surface area (Å²) >= 11 is 0. The molecule has 2 aromatic carbocycles. The third kappa shape index (κ3) is 5.87. The molecule has 11 heteroatoms. The summed E-state index contributed by atoms with van der Waals surface area (Å²) in [7, 11) is -3.77. The number of carbonyl (C=O) groups is 2. The minimum absolute atomic E-state index is 0.0217. The van der Waals surface area contributed by atoms with E-state index in [1.54, 1.807) is 12.1 Å². The van der Waals surface area contributed by atoms with Gasteiger partial charge in [0.2, 0.25) is 10.0 Å². The lowest BCUT2D eigenvalue weighted by Gasteiger charge is -2.07. The van der Waals surface area contributed by atoms with E-state index in [1.165, 1.54) is 30.3 Å². The molecule has 4 N–H and O–H groups in total. The van der Waals surface area contributed by atoms with Gasteiger partial charge < -0.3 is 10.6 Å². The molecule has 0 saturated heterocycles. The van der Waals surface area contributed by atoms with Gasteiger partial charge in [-0.05, 0) is 30.2 Å². The number of benzene rings is 2. The van der Waals surface area contributed by atoms with E-state index >= 15 is 0 Å². The number of non-ortho nitro benzene ring substituents is 1. The highest BCUT2D eigenvalue weighted by atomic mass is 32.2. The molecule has 10 nitrogen and oxygen atoms in total. The van der Waals surface area contributed by atoms with Crippen LogP contribution < -0.4 is 15.8 Å². The second kappa shape index (κ2) is 8.38. The minimum atomic E-state index is -3.77. The minimum Gasteiger partial charge on any atom is -0.347 e. The summed E-state index contributed by atoms with van der Waals surface area (Å²) in [6.45, 7) is 0.135. The zero-order valence-corrected chi connectivity index (χ0v) is 14.7. The quantitative estimate of drug-likeness (QED) is 0.369. The first-order valence-electron chi connectivity index (χ1n) is 7.62. The van der Waals surface area contributed by atoms with Gasteiger partial charge in [0.15, 0.2) is 0 Å². The van der Waals surface area contributed by atoms with Crippen molar-refractivity contribution >= 4 is 33.2 Å². The molecule has 2 rings (SSSR count). The summed E-state index contributed by atoms with van der Waals surface area (Å²) < 4.78 is 22.3. The Labute approximate surface area is 154 Å². The van der Waals surface area contributed by atoms with Gasteiger partial charge in [0, 0.05) is 24.4 Å². The number of nitrogens with two attached hydrogens (primary N) is 1. The molecule has 0 aliphatic rings. The smallest absolute Gasteiger partial charge is 0.313 e. The molecule has 0 unspecified atom stereocenters. The van der Waals surface area contributed by atoms with Crippen LogP contribution in [-0.2, 0) is 26.0 Å². The first-order valence-corrected chi connectivity index (χ1v) is 9.17. The first-order chi connectivity index (χ1) is 12.7. The third-order valence-corrected chi connectivity index (χ3v) is 4.40. The second-order valence-corrected chi connectivity index (χ2v) is 7.02. The van der Waals surface area contributed by atoms with E-state index in [-0.39, 0.29) is 22.8 Å². The maximum absolute atomic E-state index is 11.8. The molecule has 0 aromatic heterocycles. The summed E-state index contributed by atoms with van der Waals surface area (Å²) in [4.78, 5) is 33.7. The molecule has 0 aliphatic heterocycles. The van der Waals surface area contributed by atoms with Crippen molar-refractivity contribution in [1.82, 2.24) is 5.32 Å². The molecule has 2 aromatic rings. The van der Waals surface area contributed by atoms with Crippen LogP contribution in [0.25, 0.3) is 0 Å². The van der Waals surface area contributed by atoms with Crippen molar-refractivity contribution in [3.8, 4) is 0 Å². The number of amides is 2. The van der Waals surface area contributed by atoms with E-state index in [0.717, 1.165) is 11.6 Å². The number of nitro groups is 1. The predicted octanol–water partition coefficient (Wildman–Crippen LogP) is 0.540. The number of rotatable bonds is 6. The van der Waals surface area contributed by atoms with Crippen LogP contribution >= 0.6 is 0 Å². The van der Waals surface area contributed by atoms with Gasteiger partial charge in [0.05, 0.1) is 9.82 Å². The SMILES string of the molecule is NS(=O)(=O)c1ccc(CCNC(=O)C(=O)Nc2cccc([N+](=O)[O-])c2)cc1. The molecule has 0 fully saturated rings. The van der Waals surface area contributed by atoms with Crippen molar-refractivity contribution in [2.45, 2.75) is 11.3 Å². The number of anilines is 1. The molecule has 142 valence electrons. The zero-order chi connectivity index (χ0) is 20.0. The van der Waals surface area contributed by atoms with E-state index < -0.39 is 26.8 Å². The molecule has 0 bridgehead atoms. The Morgan fingerprint density at radius 1 is 1.07 bits per heavy atom. The molecule has 2 amide bonds. The lowest BCUT2D eigenvalue weighted by Crippen LogP contribution is -2.36. The Hall–Kier alpha value is -3.31. The summed E-state index contributed by atoms with van der Waals surface area (Å²) in [6, 6.07) is 11.0. The Morgan fingerprint density at radius 2 is 1.74 bits per heavy atom. The van der Waals surface area contributed by atoms with Gasteiger partial charge in [0.1, 0.15) is 0 Å². The van der Waals surface area contributed by atoms with Crippen LogP contribution in [0.4, 0.5) is 11.4 Å². The number of nitrogens with one attached hydrogen (secondary N) is 2. The van der Waals surface area contributed by atoms with Crippen molar-refractivity contribution in [2.24, 2.45) is 5.14 Å². The number of hydrogen-bond acceptors (Lipinski definition) is 6. The molecular formula is C16H16N4O6S. The molecule has 0 radical (unpaired) electrons. The molecule has 0 saturated carbocycles. The van der Waals surface area contributed by atoms with Crippen LogP contribution in [-0.4, -0.2) is 31.7 Å². The van der Waals surface area contributed by atoms with Gasteiger partial charge in [-0.15, -0.1) is 0 Å². The maximum atomic E-state index is 11.8. The number of carbonyl (C=O) groups excluding carboxylic acids is 2. The lowest BCUT2D eigenvalue weighted by molar-refractivity contribution is -0.384. The average Bonchev–Trinajstić information content (AvgIpc) is 2.61. The molecule has 27 heavy (non-hydrogen) atoms. The number of primary sulfonamides is 1. The Balaban J connectivity index is 1.85. The normalized spacial score (nSPS) is 10.9. The monoisotopic (exact) mass is 392 g/mol. The van der Waals surface area contributed by atoms with Crippen molar-refractivity contribution in [3.63, 3.8) is 0 Å². The highest BCUT2D eigenvalue weighted by Crippen LogP contribution is 2.16. The molecular weight excluding hydrogens is 376 g/mol. The van der Waals surface area contributed by atoms with Crippen LogP contribution in [0, 0.1) is 10.1 Å². The van der Waals surface area contributed by atoms with Crippen LogP contribution in [0.15, 0.2) is 53.4 Å². The van der Waals surface area contributed by atoms with Crippen molar-refractivity contribution < 1.29 is 22.9 Å². The van der Waals surface area contributed by atoms with Crippen LogP contribution in [0.2, 0.25) is 0 Å². The summed E-state index contributed by atoms with van der Waals surface area (Å²) in [6.07, 6.45) is 0.362. The largest absolute Gasteiger partial charge is 0.347 e. The van der Waals surface area contributed by atoms with Gasteiger partial charge in [-0.2, -0.15) is 0 Å². The lowest BCUT2D eigenvalue weighted by atomic mass is 10.1. The van der Waals surface area contributed by atoms with E-state index in [4.69, 9.17) is 5.14 Å². The number of sulfonamides is 1. The van der Waals surface area contributed by atoms with Gasteiger partial charge >= 0.3 is 11.8 Å². The predicted molar refractivity (Wildman–Crippen MR) is 96.3 cm³/mol. The summed E-state index contributed by atoms with van der Waals surface area (Å²) in [5.74, 6) is -1.86. The van der Waals surface area contributed by atoms with Crippen LogP contribution in [0.3, 0.4) is 0 Å². The van der Waals surface area contributed by atoms with Gasteiger partial charge in [-0.25, -0.2) is 13.6 Å². The van der Waals surface area contributed by atoms with Gasteiger partial charge in [-0.1, -0.05) is 18.2 Å². The van der Waals surface area contributed by atoms with E-state index in [1.807, 2.05) is 0 Å². The van der Waals surface area contributed by atoms with Gasteiger partial charge in [-0.3, -0.25) is 19.7 Å².